The van der Waals surface area contributed by atoms with Crippen LogP contribution in [0.2, 0.25) is 0 Å². The first kappa shape index (κ1) is 9.51. The van der Waals surface area contributed by atoms with Crippen molar-refractivity contribution in [3.63, 3.8) is 0 Å². The Labute approximate surface area is 81.5 Å². The molecular weight excluding hydrogens is 160 g/mol. The maximum Gasteiger partial charge on any atom is 0.0490 e. The Morgan fingerprint density at radius 3 is 2.15 bits per heavy atom. The number of hydrogen-bond acceptors (Lipinski definition) is 1. The van der Waals surface area contributed by atoms with E-state index in [2.05, 4.69) is 6.92 Å². The zero-order valence-electron chi connectivity index (χ0n) is 8.76. The molecule has 0 aromatic carbocycles. The largest absolute Gasteiger partial charge is 0.396 e. The van der Waals surface area contributed by atoms with Crippen LogP contribution >= 0.6 is 0 Å². The van der Waals surface area contributed by atoms with E-state index in [4.69, 9.17) is 0 Å². The molecule has 0 saturated heterocycles. The monoisotopic (exact) mass is 182 g/mol. The molecule has 2 rings (SSSR count). The van der Waals surface area contributed by atoms with Crippen LogP contribution in [0.1, 0.15) is 51.9 Å². The van der Waals surface area contributed by atoms with Crippen molar-refractivity contribution in [1.29, 1.82) is 0 Å². The van der Waals surface area contributed by atoms with Gasteiger partial charge in [-0.3, -0.25) is 0 Å². The summed E-state index contributed by atoms with van der Waals surface area (Å²) in [6.07, 6.45) is 9.57. The molecule has 13 heavy (non-hydrogen) atoms. The molecule has 1 heteroatoms. The molecule has 0 atom stereocenters. The summed E-state index contributed by atoms with van der Waals surface area (Å²) in [5, 5.41) is 9.33. The second-order valence-corrected chi connectivity index (χ2v) is 5.15. The lowest BCUT2D eigenvalue weighted by Gasteiger charge is -2.32. The van der Waals surface area contributed by atoms with E-state index in [1.165, 1.54) is 44.9 Å². The van der Waals surface area contributed by atoms with Gasteiger partial charge in [-0.05, 0) is 42.9 Å². The minimum Gasteiger partial charge on any atom is -0.396 e. The standard InChI is InChI=1S/C12H22O/c1-2-10-3-5-11(6-4-10)12(9-13)7-8-12/h10-11,13H,2-9H2,1H3. The first-order chi connectivity index (χ1) is 6.30. The predicted octanol–water partition coefficient (Wildman–Crippen LogP) is 2.98. The highest BCUT2D eigenvalue weighted by Gasteiger charge is 2.48. The summed E-state index contributed by atoms with van der Waals surface area (Å²) in [6, 6.07) is 0. The van der Waals surface area contributed by atoms with Gasteiger partial charge in [0.2, 0.25) is 0 Å². The van der Waals surface area contributed by atoms with E-state index < -0.39 is 0 Å². The molecule has 0 spiro atoms. The third-order valence-corrected chi connectivity index (χ3v) is 4.50. The molecule has 2 saturated carbocycles. The number of aliphatic hydroxyl groups excluding tert-OH is 1. The maximum absolute atomic E-state index is 9.33. The molecule has 2 fully saturated rings. The molecule has 2 aliphatic rings. The Morgan fingerprint density at radius 2 is 1.77 bits per heavy atom. The Morgan fingerprint density at radius 1 is 1.15 bits per heavy atom. The van der Waals surface area contributed by atoms with E-state index in [0.29, 0.717) is 12.0 Å². The first-order valence-electron chi connectivity index (χ1n) is 5.91. The summed E-state index contributed by atoms with van der Waals surface area (Å²) < 4.78 is 0. The normalized spacial score (nSPS) is 37.4. The lowest BCUT2D eigenvalue weighted by molar-refractivity contribution is 0.113. The van der Waals surface area contributed by atoms with Crippen molar-refractivity contribution in [3.8, 4) is 0 Å². The topological polar surface area (TPSA) is 20.2 Å². The predicted molar refractivity (Wildman–Crippen MR) is 54.5 cm³/mol. The zero-order valence-corrected chi connectivity index (χ0v) is 8.76. The van der Waals surface area contributed by atoms with Gasteiger partial charge in [-0.25, -0.2) is 0 Å². The molecule has 0 radical (unpaired) electrons. The van der Waals surface area contributed by atoms with Crippen molar-refractivity contribution in [1.82, 2.24) is 0 Å². The van der Waals surface area contributed by atoms with Gasteiger partial charge in [-0.1, -0.05) is 26.2 Å². The molecule has 2 aliphatic carbocycles. The van der Waals surface area contributed by atoms with Gasteiger partial charge in [-0.2, -0.15) is 0 Å². The summed E-state index contributed by atoms with van der Waals surface area (Å²) >= 11 is 0. The van der Waals surface area contributed by atoms with Crippen LogP contribution in [0, 0.1) is 17.3 Å². The van der Waals surface area contributed by atoms with Gasteiger partial charge in [-0.15, -0.1) is 0 Å². The lowest BCUT2D eigenvalue weighted by atomic mass is 9.73. The van der Waals surface area contributed by atoms with Gasteiger partial charge in [0.25, 0.3) is 0 Å². The summed E-state index contributed by atoms with van der Waals surface area (Å²) in [4.78, 5) is 0. The van der Waals surface area contributed by atoms with Gasteiger partial charge in [0.15, 0.2) is 0 Å². The SMILES string of the molecule is CCC1CCC(C2(CO)CC2)CC1. The highest BCUT2D eigenvalue weighted by atomic mass is 16.3. The van der Waals surface area contributed by atoms with Gasteiger partial charge in [0.1, 0.15) is 0 Å². The molecule has 0 heterocycles. The van der Waals surface area contributed by atoms with Crippen molar-refractivity contribution in [3.05, 3.63) is 0 Å². The molecule has 0 aromatic rings. The fourth-order valence-corrected chi connectivity index (χ4v) is 3.04. The minimum atomic E-state index is 0.401. The molecule has 1 nitrogen and oxygen atoms in total. The van der Waals surface area contributed by atoms with Crippen molar-refractivity contribution in [2.45, 2.75) is 51.9 Å². The smallest absolute Gasteiger partial charge is 0.0490 e. The third kappa shape index (κ3) is 1.76. The average Bonchev–Trinajstić information content (AvgIpc) is 2.99. The Kier molecular flexibility index (Phi) is 2.64. The number of hydrogen-bond donors (Lipinski definition) is 1. The highest BCUT2D eigenvalue weighted by molar-refractivity contribution is 4.99. The van der Waals surface area contributed by atoms with Crippen LogP contribution in [0.15, 0.2) is 0 Å². The first-order valence-corrected chi connectivity index (χ1v) is 5.91. The third-order valence-electron chi connectivity index (χ3n) is 4.50. The summed E-state index contributed by atoms with van der Waals surface area (Å²) in [6.45, 7) is 2.76. The molecule has 1 N–H and O–H groups in total. The van der Waals surface area contributed by atoms with E-state index in [1.54, 1.807) is 0 Å². The highest BCUT2D eigenvalue weighted by Crippen LogP contribution is 2.56. The molecule has 0 aliphatic heterocycles. The average molecular weight is 182 g/mol. The van der Waals surface area contributed by atoms with Crippen molar-refractivity contribution in [2.75, 3.05) is 6.61 Å². The molecule has 76 valence electrons. The van der Waals surface area contributed by atoms with Crippen molar-refractivity contribution < 1.29 is 5.11 Å². The van der Waals surface area contributed by atoms with Crippen molar-refractivity contribution in [2.24, 2.45) is 17.3 Å². The van der Waals surface area contributed by atoms with Crippen LogP contribution in [-0.2, 0) is 0 Å². The van der Waals surface area contributed by atoms with Crippen LogP contribution < -0.4 is 0 Å². The van der Waals surface area contributed by atoms with Gasteiger partial charge >= 0.3 is 0 Å². The Balaban J connectivity index is 1.84. The second kappa shape index (κ2) is 3.61. The fourth-order valence-electron chi connectivity index (χ4n) is 3.04. The maximum atomic E-state index is 9.33. The molecule has 0 aromatic heterocycles. The van der Waals surface area contributed by atoms with E-state index in [1.807, 2.05) is 0 Å². The van der Waals surface area contributed by atoms with Gasteiger partial charge in [0.05, 0.1) is 0 Å². The number of rotatable bonds is 3. The summed E-state index contributed by atoms with van der Waals surface area (Å²) in [5.74, 6) is 1.85. The number of aliphatic hydroxyl groups is 1. The fraction of sp³-hybridized carbons (Fsp3) is 1.00. The molecule has 0 amide bonds. The van der Waals surface area contributed by atoms with Crippen LogP contribution in [0.3, 0.4) is 0 Å². The zero-order chi connectivity index (χ0) is 9.31. The van der Waals surface area contributed by atoms with Crippen LogP contribution in [-0.4, -0.2) is 11.7 Å². The van der Waals surface area contributed by atoms with E-state index >= 15 is 0 Å². The van der Waals surface area contributed by atoms with Crippen LogP contribution in [0.5, 0.6) is 0 Å². The van der Waals surface area contributed by atoms with Crippen LogP contribution in [0.4, 0.5) is 0 Å². The quantitative estimate of drug-likeness (QED) is 0.711. The van der Waals surface area contributed by atoms with Gasteiger partial charge in [0, 0.05) is 6.61 Å². The second-order valence-electron chi connectivity index (χ2n) is 5.15. The van der Waals surface area contributed by atoms with Gasteiger partial charge < -0.3 is 5.11 Å². The summed E-state index contributed by atoms with van der Waals surface area (Å²) in [5.41, 5.74) is 0.401. The molecule has 0 unspecified atom stereocenters. The Bertz CT molecular complexity index is 164. The molecule has 0 bridgehead atoms. The van der Waals surface area contributed by atoms with E-state index in [9.17, 15) is 5.11 Å². The minimum absolute atomic E-state index is 0.401. The van der Waals surface area contributed by atoms with E-state index in [-0.39, 0.29) is 0 Å². The molecular formula is C12H22O. The Hall–Kier alpha value is -0.0400. The van der Waals surface area contributed by atoms with Crippen molar-refractivity contribution >= 4 is 0 Å². The van der Waals surface area contributed by atoms with E-state index in [0.717, 1.165) is 11.8 Å². The van der Waals surface area contributed by atoms with Crippen LogP contribution in [0.25, 0.3) is 0 Å². The lowest BCUT2D eigenvalue weighted by Crippen LogP contribution is -2.25. The summed E-state index contributed by atoms with van der Waals surface area (Å²) in [7, 11) is 0.